The van der Waals surface area contributed by atoms with Crippen LogP contribution in [0.25, 0.3) is 11.3 Å². The number of benzene rings is 1. The van der Waals surface area contributed by atoms with Crippen molar-refractivity contribution in [2.45, 2.75) is 6.54 Å². The number of thiazole rings is 1. The topological polar surface area (TPSA) is 102 Å². The standard InChI is InChI=1S/C20H20N4O4S/c1-21-18(25)11-28-16-4-3-14(9-17(16)27-2)20(26)23-10-19-24-15(12-29-19)13-5-7-22-8-6-13/h3-9,12H,10-11H2,1-2H3,(H,21,25)(H,23,26). The van der Waals surface area contributed by atoms with Crippen molar-refractivity contribution in [1.29, 1.82) is 0 Å². The number of likely N-dealkylation sites (N-methyl/N-ethyl adjacent to an activating group) is 1. The highest BCUT2D eigenvalue weighted by Gasteiger charge is 2.13. The summed E-state index contributed by atoms with van der Waals surface area (Å²) in [6, 6.07) is 8.55. The number of hydrogen-bond acceptors (Lipinski definition) is 7. The minimum absolute atomic E-state index is 0.137. The van der Waals surface area contributed by atoms with Crippen LogP contribution in [0.4, 0.5) is 0 Å². The van der Waals surface area contributed by atoms with Crippen LogP contribution in [0, 0.1) is 0 Å². The van der Waals surface area contributed by atoms with Crippen molar-refractivity contribution in [2.75, 3.05) is 20.8 Å². The molecule has 0 aliphatic rings. The van der Waals surface area contributed by atoms with Crippen LogP contribution in [0.5, 0.6) is 11.5 Å². The predicted molar refractivity (Wildman–Crippen MR) is 109 cm³/mol. The first-order valence-corrected chi connectivity index (χ1v) is 9.63. The molecule has 3 rings (SSSR count). The molecule has 0 atom stereocenters. The Labute approximate surface area is 171 Å². The third kappa shape index (κ3) is 5.29. The van der Waals surface area contributed by atoms with Crippen molar-refractivity contribution in [1.82, 2.24) is 20.6 Å². The molecule has 9 heteroatoms. The Balaban J connectivity index is 1.62. The van der Waals surface area contributed by atoms with Gasteiger partial charge in [0.25, 0.3) is 11.8 Å². The average molecular weight is 412 g/mol. The lowest BCUT2D eigenvalue weighted by Gasteiger charge is -2.11. The van der Waals surface area contributed by atoms with E-state index in [1.54, 1.807) is 30.6 Å². The van der Waals surface area contributed by atoms with Gasteiger partial charge in [-0.15, -0.1) is 11.3 Å². The van der Waals surface area contributed by atoms with Crippen molar-refractivity contribution in [3.63, 3.8) is 0 Å². The number of hydrogen-bond donors (Lipinski definition) is 2. The molecule has 0 saturated carbocycles. The van der Waals surface area contributed by atoms with Gasteiger partial charge in [-0.05, 0) is 30.3 Å². The van der Waals surface area contributed by atoms with E-state index >= 15 is 0 Å². The van der Waals surface area contributed by atoms with Crippen molar-refractivity contribution in [3.05, 3.63) is 58.7 Å². The maximum Gasteiger partial charge on any atom is 0.257 e. The SMILES string of the molecule is CNC(=O)COc1ccc(C(=O)NCc2nc(-c3ccncc3)cs2)cc1OC. The van der Waals surface area contributed by atoms with E-state index in [-0.39, 0.29) is 18.4 Å². The zero-order valence-corrected chi connectivity index (χ0v) is 16.8. The quantitative estimate of drug-likeness (QED) is 0.588. The first-order chi connectivity index (χ1) is 14.1. The molecule has 2 aromatic heterocycles. The van der Waals surface area contributed by atoms with Gasteiger partial charge in [0.05, 0.1) is 19.3 Å². The summed E-state index contributed by atoms with van der Waals surface area (Å²) >= 11 is 1.47. The molecule has 0 aliphatic heterocycles. The van der Waals surface area contributed by atoms with Gasteiger partial charge in [-0.25, -0.2) is 4.98 Å². The largest absolute Gasteiger partial charge is 0.493 e. The van der Waals surface area contributed by atoms with Crippen molar-refractivity contribution >= 4 is 23.2 Å². The fourth-order valence-corrected chi connectivity index (χ4v) is 3.19. The molecule has 2 amide bonds. The molecule has 0 aliphatic carbocycles. The van der Waals surface area contributed by atoms with E-state index < -0.39 is 0 Å². The van der Waals surface area contributed by atoms with Crippen molar-refractivity contribution in [3.8, 4) is 22.8 Å². The number of carbonyl (C=O) groups excluding carboxylic acids is 2. The van der Waals surface area contributed by atoms with E-state index in [0.29, 0.717) is 23.6 Å². The highest BCUT2D eigenvalue weighted by molar-refractivity contribution is 7.09. The lowest BCUT2D eigenvalue weighted by Crippen LogP contribution is -2.25. The third-order valence-electron chi connectivity index (χ3n) is 3.99. The first kappa shape index (κ1) is 20.3. The molecule has 1 aromatic carbocycles. The van der Waals surface area contributed by atoms with Gasteiger partial charge in [0.15, 0.2) is 18.1 Å². The number of ether oxygens (including phenoxy) is 2. The number of amides is 2. The van der Waals surface area contributed by atoms with Gasteiger partial charge in [0.1, 0.15) is 5.01 Å². The van der Waals surface area contributed by atoms with E-state index in [2.05, 4.69) is 20.6 Å². The Hall–Kier alpha value is -3.46. The number of nitrogens with one attached hydrogen (secondary N) is 2. The van der Waals surface area contributed by atoms with Gasteiger partial charge < -0.3 is 20.1 Å². The van der Waals surface area contributed by atoms with Gasteiger partial charge >= 0.3 is 0 Å². The second-order valence-corrected chi connectivity index (χ2v) is 6.82. The summed E-state index contributed by atoms with van der Waals surface area (Å²) in [6.07, 6.45) is 3.43. The maximum atomic E-state index is 12.5. The van der Waals surface area contributed by atoms with Crippen molar-refractivity contribution in [2.24, 2.45) is 0 Å². The Bertz CT molecular complexity index is 991. The lowest BCUT2D eigenvalue weighted by molar-refractivity contribution is -0.122. The average Bonchev–Trinajstić information content (AvgIpc) is 3.25. The van der Waals surface area contributed by atoms with E-state index in [0.717, 1.165) is 16.3 Å². The molecule has 2 N–H and O–H groups in total. The fraction of sp³-hybridized carbons (Fsp3) is 0.200. The summed E-state index contributed by atoms with van der Waals surface area (Å²) < 4.78 is 10.7. The van der Waals surface area contributed by atoms with Crippen LogP contribution in [-0.4, -0.2) is 42.5 Å². The van der Waals surface area contributed by atoms with E-state index in [4.69, 9.17) is 9.47 Å². The van der Waals surface area contributed by atoms with Crippen LogP contribution >= 0.6 is 11.3 Å². The zero-order chi connectivity index (χ0) is 20.6. The molecular formula is C20H20N4O4S. The third-order valence-corrected chi connectivity index (χ3v) is 4.84. The normalized spacial score (nSPS) is 10.3. The Morgan fingerprint density at radius 2 is 1.93 bits per heavy atom. The maximum absolute atomic E-state index is 12.5. The number of methoxy groups -OCH3 is 1. The van der Waals surface area contributed by atoms with Crippen LogP contribution < -0.4 is 20.1 Å². The summed E-state index contributed by atoms with van der Waals surface area (Å²) in [4.78, 5) is 32.3. The number of carbonyl (C=O) groups is 2. The molecule has 0 saturated heterocycles. The molecular weight excluding hydrogens is 392 g/mol. The van der Waals surface area contributed by atoms with Crippen LogP contribution in [0.15, 0.2) is 48.1 Å². The van der Waals surface area contributed by atoms with Crippen LogP contribution in [0.1, 0.15) is 15.4 Å². The Morgan fingerprint density at radius 1 is 1.14 bits per heavy atom. The highest BCUT2D eigenvalue weighted by Crippen LogP contribution is 2.28. The number of aromatic nitrogens is 2. The summed E-state index contributed by atoms with van der Waals surface area (Å²) in [6.45, 7) is 0.175. The predicted octanol–water partition coefficient (Wildman–Crippen LogP) is 2.27. The van der Waals surface area contributed by atoms with Gasteiger partial charge in [0.2, 0.25) is 0 Å². The first-order valence-electron chi connectivity index (χ1n) is 8.75. The molecule has 0 radical (unpaired) electrons. The van der Waals surface area contributed by atoms with Crippen LogP contribution in [0.3, 0.4) is 0 Å². The van der Waals surface area contributed by atoms with E-state index in [9.17, 15) is 9.59 Å². The minimum Gasteiger partial charge on any atom is -0.493 e. The molecule has 150 valence electrons. The monoisotopic (exact) mass is 412 g/mol. The number of nitrogens with zero attached hydrogens (tertiary/aromatic N) is 2. The second kappa shape index (κ2) is 9.65. The Morgan fingerprint density at radius 3 is 2.66 bits per heavy atom. The van der Waals surface area contributed by atoms with Crippen LogP contribution in [-0.2, 0) is 11.3 Å². The van der Waals surface area contributed by atoms with Gasteiger partial charge in [0, 0.05) is 35.9 Å². The van der Waals surface area contributed by atoms with Gasteiger partial charge in [-0.3, -0.25) is 14.6 Å². The van der Waals surface area contributed by atoms with E-state index in [1.165, 1.54) is 25.5 Å². The van der Waals surface area contributed by atoms with E-state index in [1.807, 2.05) is 17.5 Å². The summed E-state index contributed by atoms with van der Waals surface area (Å²) in [5.74, 6) is 0.232. The summed E-state index contributed by atoms with van der Waals surface area (Å²) in [5, 5.41) is 8.05. The molecule has 0 bridgehead atoms. The minimum atomic E-state index is -0.262. The molecule has 0 spiro atoms. The molecule has 0 unspecified atom stereocenters. The molecule has 29 heavy (non-hydrogen) atoms. The van der Waals surface area contributed by atoms with Gasteiger partial charge in [-0.2, -0.15) is 0 Å². The fourth-order valence-electron chi connectivity index (χ4n) is 2.45. The lowest BCUT2D eigenvalue weighted by atomic mass is 10.2. The molecule has 2 heterocycles. The number of rotatable bonds is 8. The highest BCUT2D eigenvalue weighted by atomic mass is 32.1. The molecule has 0 fully saturated rings. The zero-order valence-electron chi connectivity index (χ0n) is 16.0. The van der Waals surface area contributed by atoms with Crippen LogP contribution in [0.2, 0.25) is 0 Å². The van der Waals surface area contributed by atoms with Crippen molar-refractivity contribution < 1.29 is 19.1 Å². The van der Waals surface area contributed by atoms with Gasteiger partial charge in [-0.1, -0.05) is 0 Å². The molecule has 3 aromatic rings. The summed E-state index contributed by atoms with van der Waals surface area (Å²) in [7, 11) is 3.00. The molecule has 8 nitrogen and oxygen atoms in total. The summed E-state index contributed by atoms with van der Waals surface area (Å²) in [5.41, 5.74) is 2.24. The Kier molecular flexibility index (Phi) is 6.75. The smallest absolute Gasteiger partial charge is 0.257 e. The number of pyridine rings is 1. The second-order valence-electron chi connectivity index (χ2n) is 5.87.